The van der Waals surface area contributed by atoms with Crippen molar-refractivity contribution in [1.29, 1.82) is 0 Å². The average Bonchev–Trinajstić information content (AvgIpc) is 3.25. The van der Waals surface area contributed by atoms with Crippen LogP contribution in [0.3, 0.4) is 0 Å². The molecule has 2 N–H and O–H groups in total. The number of quaternary nitrogens is 1. The number of phosphoric acid groups is 1. The van der Waals surface area contributed by atoms with Crippen LogP contribution in [0.5, 0.6) is 0 Å². The molecule has 0 aliphatic heterocycles. The molecule has 0 aromatic carbocycles. The summed E-state index contributed by atoms with van der Waals surface area (Å²) in [6, 6.07) is 0. The number of esters is 2. The molecule has 0 rings (SSSR count). The Hall–Kier alpha value is -3.37. The molecule has 364 valence electrons. The van der Waals surface area contributed by atoms with Crippen molar-refractivity contribution in [1.82, 2.24) is 0 Å². The first-order chi connectivity index (χ1) is 30.9. The molecule has 0 saturated carbocycles. The minimum absolute atomic E-state index is 0.0194. The van der Waals surface area contributed by atoms with Crippen molar-refractivity contribution in [2.75, 3.05) is 47.5 Å². The lowest BCUT2D eigenvalue weighted by molar-refractivity contribution is -0.870. The number of carbonyl (C=O) groups is 2. The molecule has 0 amide bonds. The van der Waals surface area contributed by atoms with E-state index in [4.69, 9.17) is 18.5 Å². The van der Waals surface area contributed by atoms with Crippen molar-refractivity contribution in [2.24, 2.45) is 0 Å². The number of allylic oxidation sites excluding steroid dienone is 17. The largest absolute Gasteiger partial charge is 0.472 e. The number of hydrogen-bond donors (Lipinski definition) is 2. The lowest BCUT2D eigenvalue weighted by Gasteiger charge is -2.24. The molecule has 0 bridgehead atoms. The van der Waals surface area contributed by atoms with Crippen molar-refractivity contribution >= 4 is 19.8 Å². The van der Waals surface area contributed by atoms with Gasteiger partial charge in [-0.2, -0.15) is 0 Å². The monoisotopic (exact) mass is 915 g/mol. The highest BCUT2D eigenvalue weighted by molar-refractivity contribution is 7.47. The smallest absolute Gasteiger partial charge is 0.462 e. The zero-order valence-electron chi connectivity index (χ0n) is 40.6. The molecule has 3 atom stereocenters. The van der Waals surface area contributed by atoms with Crippen LogP contribution in [0.4, 0.5) is 0 Å². The summed E-state index contributed by atoms with van der Waals surface area (Å²) >= 11 is 0. The van der Waals surface area contributed by atoms with Gasteiger partial charge in [0, 0.05) is 12.8 Å². The molecular weight excluding hydrogens is 826 g/mol. The predicted octanol–water partition coefficient (Wildman–Crippen LogP) is 13.3. The van der Waals surface area contributed by atoms with Crippen LogP contribution in [0.2, 0.25) is 0 Å². The van der Waals surface area contributed by atoms with Crippen LogP contribution in [0.25, 0.3) is 0 Å². The number of carbonyl (C=O) groups excluding carboxylic acids is 2. The maximum absolute atomic E-state index is 12.7. The lowest BCUT2D eigenvalue weighted by atomic mass is 10.1. The number of aliphatic hydroxyl groups is 1. The van der Waals surface area contributed by atoms with E-state index in [1.807, 2.05) is 33.3 Å². The van der Waals surface area contributed by atoms with E-state index >= 15 is 0 Å². The Labute approximate surface area is 389 Å². The second kappa shape index (κ2) is 43.5. The molecular formula is C53H89NO9P+. The van der Waals surface area contributed by atoms with Gasteiger partial charge in [0.1, 0.15) is 19.8 Å². The SMILES string of the molecule is CC/C=C\C/C=C\C/C=C\C/C=C\C/C=C\C=C/C(O)CCC(=O)O[C@H](COC(=O)CCCCCCCC/C=C\C/C=C\C/C=C\CCCCCC)COP(=O)(O)OCC[N+](C)(C)C. The molecule has 0 fully saturated rings. The molecule has 0 aromatic heterocycles. The van der Waals surface area contributed by atoms with E-state index in [9.17, 15) is 24.2 Å². The number of rotatable bonds is 42. The Morgan fingerprint density at radius 2 is 1.08 bits per heavy atom. The summed E-state index contributed by atoms with van der Waals surface area (Å²) in [6.07, 6.45) is 56.1. The van der Waals surface area contributed by atoms with Gasteiger partial charge in [0.15, 0.2) is 6.10 Å². The minimum Gasteiger partial charge on any atom is -0.462 e. The van der Waals surface area contributed by atoms with Gasteiger partial charge >= 0.3 is 19.8 Å². The number of ether oxygens (including phenoxy) is 2. The standard InChI is InChI=1S/C53H88NO9P/c1-6-8-10-12-14-16-18-20-22-24-25-26-27-29-31-33-35-37-39-41-43-52(56)60-48-51(49-62-64(58,59)61-47-46-54(3,4)5)63-53(57)45-44-50(55)42-40-38-36-34-32-30-28-23-21-19-17-15-13-11-9-7-2/h9,11,15-18,21-24,26-27,30,32,36,38,40,42,50-51,55H,6-8,10,12-14,19-20,25,28-29,31,33-35,37,39,41,43-49H2,1-5H3/p+1/b11-9-,17-15-,18-16-,23-21-,24-22-,27-26-,32-30-,38-36-,42-40-/t50?,51-/m1/s1. The van der Waals surface area contributed by atoms with Crippen LogP contribution in [0.15, 0.2) is 109 Å². The van der Waals surface area contributed by atoms with E-state index < -0.39 is 38.6 Å². The number of aliphatic hydroxyl groups excluding tert-OH is 1. The number of unbranched alkanes of at least 4 members (excludes halogenated alkanes) is 10. The molecule has 64 heavy (non-hydrogen) atoms. The Morgan fingerprint density at radius 1 is 0.578 bits per heavy atom. The Balaban J connectivity index is 4.57. The third kappa shape index (κ3) is 46.6. The maximum Gasteiger partial charge on any atom is 0.472 e. The predicted molar refractivity (Wildman–Crippen MR) is 267 cm³/mol. The Morgan fingerprint density at radius 3 is 1.62 bits per heavy atom. The summed E-state index contributed by atoms with van der Waals surface area (Å²) in [5, 5.41) is 10.4. The van der Waals surface area contributed by atoms with E-state index in [-0.39, 0.29) is 32.5 Å². The second-order valence-electron chi connectivity index (χ2n) is 17.0. The first kappa shape index (κ1) is 60.6. The molecule has 0 heterocycles. The van der Waals surface area contributed by atoms with Gasteiger partial charge < -0.3 is 24.0 Å². The fraction of sp³-hybridized carbons (Fsp3) is 0.623. The van der Waals surface area contributed by atoms with Gasteiger partial charge in [0.05, 0.1) is 33.9 Å². The number of likely N-dealkylation sites (N-methyl/N-ethyl adjacent to an activating group) is 1. The van der Waals surface area contributed by atoms with Gasteiger partial charge in [-0.25, -0.2) is 4.57 Å². The number of phosphoric ester groups is 1. The quantitative estimate of drug-likeness (QED) is 0.0154. The minimum atomic E-state index is -4.46. The van der Waals surface area contributed by atoms with Crippen LogP contribution in [-0.4, -0.2) is 86.1 Å². The summed E-state index contributed by atoms with van der Waals surface area (Å²) in [4.78, 5) is 35.5. The highest BCUT2D eigenvalue weighted by atomic mass is 31.2. The van der Waals surface area contributed by atoms with Gasteiger partial charge in [-0.3, -0.25) is 18.6 Å². The van der Waals surface area contributed by atoms with E-state index in [0.717, 1.165) is 83.5 Å². The third-order valence-electron chi connectivity index (χ3n) is 9.65. The topological polar surface area (TPSA) is 129 Å². The first-order valence-electron chi connectivity index (χ1n) is 24.2. The fourth-order valence-corrected chi connectivity index (χ4v) is 6.58. The molecule has 0 aliphatic carbocycles. The molecule has 10 nitrogen and oxygen atoms in total. The summed E-state index contributed by atoms with van der Waals surface area (Å²) in [5.74, 6) is -1.11. The van der Waals surface area contributed by atoms with Crippen molar-refractivity contribution in [3.63, 3.8) is 0 Å². The van der Waals surface area contributed by atoms with Crippen LogP contribution in [0.1, 0.15) is 155 Å². The summed E-state index contributed by atoms with van der Waals surface area (Å²) < 4.78 is 34.1. The van der Waals surface area contributed by atoms with Crippen LogP contribution < -0.4 is 0 Å². The van der Waals surface area contributed by atoms with Crippen molar-refractivity contribution in [3.8, 4) is 0 Å². The van der Waals surface area contributed by atoms with E-state index in [1.54, 1.807) is 12.2 Å². The number of hydrogen-bond acceptors (Lipinski definition) is 8. The van der Waals surface area contributed by atoms with Gasteiger partial charge in [-0.05, 0) is 83.5 Å². The van der Waals surface area contributed by atoms with E-state index in [1.165, 1.54) is 32.1 Å². The second-order valence-corrected chi connectivity index (χ2v) is 18.4. The maximum atomic E-state index is 12.7. The molecule has 2 unspecified atom stereocenters. The molecule has 0 spiro atoms. The normalized spacial score (nSPS) is 14.9. The highest BCUT2D eigenvalue weighted by Crippen LogP contribution is 2.43. The average molecular weight is 915 g/mol. The van der Waals surface area contributed by atoms with Gasteiger partial charge in [-0.15, -0.1) is 0 Å². The van der Waals surface area contributed by atoms with Gasteiger partial charge in [0.25, 0.3) is 0 Å². The molecule has 0 radical (unpaired) electrons. The van der Waals surface area contributed by atoms with Gasteiger partial charge in [-0.1, -0.05) is 168 Å². The van der Waals surface area contributed by atoms with Gasteiger partial charge in [0.2, 0.25) is 0 Å². The van der Waals surface area contributed by atoms with Crippen LogP contribution >= 0.6 is 7.82 Å². The zero-order chi connectivity index (χ0) is 47.3. The Kier molecular flexibility index (Phi) is 41.2. The summed E-state index contributed by atoms with van der Waals surface area (Å²) in [5.41, 5.74) is 0. The van der Waals surface area contributed by atoms with E-state index in [2.05, 4.69) is 98.9 Å². The van der Waals surface area contributed by atoms with Crippen LogP contribution in [0, 0.1) is 0 Å². The zero-order valence-corrected chi connectivity index (χ0v) is 41.5. The third-order valence-corrected chi connectivity index (χ3v) is 10.6. The highest BCUT2D eigenvalue weighted by Gasteiger charge is 2.27. The fourth-order valence-electron chi connectivity index (χ4n) is 5.84. The molecule has 0 saturated heterocycles. The molecule has 11 heteroatoms. The van der Waals surface area contributed by atoms with Crippen molar-refractivity contribution in [2.45, 2.75) is 167 Å². The first-order valence-corrected chi connectivity index (χ1v) is 25.7. The number of nitrogens with zero attached hydrogens (tertiary/aromatic N) is 1. The van der Waals surface area contributed by atoms with E-state index in [0.29, 0.717) is 17.4 Å². The van der Waals surface area contributed by atoms with Crippen LogP contribution in [-0.2, 0) is 32.7 Å². The van der Waals surface area contributed by atoms with Crippen molar-refractivity contribution < 1.29 is 47.2 Å². The Bertz CT molecular complexity index is 1470. The molecule has 0 aromatic rings. The lowest BCUT2D eigenvalue weighted by Crippen LogP contribution is -2.37. The molecule has 0 aliphatic rings. The summed E-state index contributed by atoms with van der Waals surface area (Å²) in [7, 11) is 1.31. The summed E-state index contributed by atoms with van der Waals surface area (Å²) in [6.45, 7) is 3.97. The van der Waals surface area contributed by atoms with Crippen molar-refractivity contribution in [3.05, 3.63) is 109 Å².